The van der Waals surface area contributed by atoms with E-state index in [1.165, 1.54) is 0 Å². The molecule has 0 aliphatic carbocycles. The number of likely N-dealkylation sites (tertiary alicyclic amines) is 2. The van der Waals surface area contributed by atoms with E-state index in [1.807, 2.05) is 0 Å². The summed E-state index contributed by atoms with van der Waals surface area (Å²) < 4.78 is 57.1. The van der Waals surface area contributed by atoms with E-state index < -0.39 is 17.6 Å². The maximum atomic E-state index is 13.9. The first kappa shape index (κ1) is 23.0. The summed E-state index contributed by atoms with van der Waals surface area (Å²) in [6, 6.07) is 2.29. The van der Waals surface area contributed by atoms with Gasteiger partial charge in [0.15, 0.2) is 0 Å². The van der Waals surface area contributed by atoms with E-state index in [1.54, 1.807) is 16.0 Å². The molecular weight excluding hydrogens is 417 g/mol. The minimum absolute atomic E-state index is 0. The molecule has 2 aliphatic heterocycles. The van der Waals surface area contributed by atoms with Crippen molar-refractivity contribution in [2.45, 2.75) is 31.2 Å². The van der Waals surface area contributed by atoms with Gasteiger partial charge >= 0.3 is 12.2 Å². The van der Waals surface area contributed by atoms with Gasteiger partial charge in [-0.2, -0.15) is 28.6 Å². The zero-order chi connectivity index (χ0) is 20.6. The second-order valence-corrected chi connectivity index (χ2v) is 7.25. The van der Waals surface area contributed by atoms with Crippen molar-refractivity contribution in [3.63, 3.8) is 0 Å². The van der Waals surface area contributed by atoms with E-state index in [0.29, 0.717) is 32.2 Å². The molecule has 2 fully saturated rings. The van der Waals surface area contributed by atoms with Crippen LogP contribution < -0.4 is 0 Å². The van der Waals surface area contributed by atoms with E-state index in [9.17, 15) is 22.4 Å². The Morgan fingerprint density at radius 3 is 2.63 bits per heavy atom. The molecule has 2 aromatic rings. The Morgan fingerprint density at radius 1 is 1.23 bits per heavy atom. The molecule has 2 aliphatic rings. The largest absolute Gasteiger partial charge is 0.416 e. The number of H-pyrrole nitrogens is 1. The number of halogens is 4. The fourth-order valence-electron chi connectivity index (χ4n) is 3.53. The molecule has 7 nitrogen and oxygen atoms in total. The van der Waals surface area contributed by atoms with Gasteiger partial charge in [0.05, 0.1) is 43.3 Å². The van der Waals surface area contributed by atoms with Crippen molar-refractivity contribution >= 4 is 35.6 Å². The molecule has 30 heavy (non-hydrogen) atoms. The minimum atomic E-state index is -4.59. The third kappa shape index (κ3) is 4.96. The molecule has 2 amide bonds. The quantitative estimate of drug-likeness (QED) is 0.590. The van der Waals surface area contributed by atoms with Crippen LogP contribution in [0.3, 0.4) is 0 Å². The molecule has 0 bridgehead atoms. The number of ether oxygens (including phenoxy) is 1. The molecule has 1 aromatic heterocycles. The Hall–Kier alpha value is -1.69. The third-order valence-corrected chi connectivity index (χ3v) is 5.28. The number of urea groups is 1. The van der Waals surface area contributed by atoms with Gasteiger partial charge in [-0.25, -0.2) is 9.18 Å². The Kier molecular flexibility index (Phi) is 7.05. The molecule has 0 spiro atoms. The number of amides is 2. The first-order chi connectivity index (χ1) is 13.8. The standard InChI is InChI=1S/C18H19F4N5O2.Na/c19-15-5-13(18(20,21)22)2-1-12(15)10-29-14-8-27(9-14)17(28)26-4-3-11(7-26)16-6-23-25-24-16;/h1-2,5-6,11,14H,3-4,7-10H2,(H,23,24,25);/t11-;/m0./s1. The summed E-state index contributed by atoms with van der Waals surface area (Å²) >= 11 is 0. The van der Waals surface area contributed by atoms with Gasteiger partial charge in [0.2, 0.25) is 0 Å². The monoisotopic (exact) mass is 436 g/mol. The van der Waals surface area contributed by atoms with Crippen molar-refractivity contribution in [3.8, 4) is 0 Å². The van der Waals surface area contributed by atoms with Crippen LogP contribution in [0.5, 0.6) is 0 Å². The number of carbonyl (C=O) groups excluding carboxylic acids is 1. The molecule has 2 saturated heterocycles. The Bertz CT molecular complexity index is 874. The maximum Gasteiger partial charge on any atom is 0.416 e. The molecular formula is C18H19F4N5NaO2. The number of aromatic amines is 1. The summed E-state index contributed by atoms with van der Waals surface area (Å²) in [5.74, 6) is -0.795. The molecule has 3 heterocycles. The first-order valence-corrected chi connectivity index (χ1v) is 9.18. The van der Waals surface area contributed by atoms with E-state index in [4.69, 9.17) is 4.74 Å². The molecule has 1 atom stereocenters. The Morgan fingerprint density at radius 2 is 2.00 bits per heavy atom. The van der Waals surface area contributed by atoms with Crippen LogP contribution in [0.25, 0.3) is 0 Å². The summed E-state index contributed by atoms with van der Waals surface area (Å²) in [6.07, 6.45) is -2.38. The topological polar surface area (TPSA) is 74.3 Å². The molecule has 0 saturated carbocycles. The number of hydrogen-bond acceptors (Lipinski definition) is 4. The Labute approximate surface area is 192 Å². The number of nitrogens with one attached hydrogen (secondary N) is 1. The molecule has 4 rings (SSSR count). The number of alkyl halides is 3. The van der Waals surface area contributed by atoms with Crippen LogP contribution in [0.15, 0.2) is 24.4 Å². The van der Waals surface area contributed by atoms with Gasteiger partial charge < -0.3 is 14.5 Å². The van der Waals surface area contributed by atoms with Crippen molar-refractivity contribution in [1.82, 2.24) is 25.2 Å². The summed E-state index contributed by atoms with van der Waals surface area (Å²) in [5, 5.41) is 10.4. The van der Waals surface area contributed by atoms with Crippen LogP contribution in [0, 0.1) is 5.82 Å². The number of rotatable bonds is 4. The van der Waals surface area contributed by atoms with Gasteiger partial charge in [0.25, 0.3) is 0 Å². The van der Waals surface area contributed by atoms with Crippen LogP contribution >= 0.6 is 0 Å². The summed E-state index contributed by atoms with van der Waals surface area (Å²) in [6.45, 7) is 1.80. The minimum Gasteiger partial charge on any atom is -0.370 e. The molecule has 12 heteroatoms. The Balaban J connectivity index is 0.00000256. The predicted octanol–water partition coefficient (Wildman–Crippen LogP) is 2.39. The second-order valence-electron chi connectivity index (χ2n) is 7.25. The average molecular weight is 436 g/mol. The van der Waals surface area contributed by atoms with Crippen molar-refractivity contribution in [1.29, 1.82) is 0 Å². The van der Waals surface area contributed by atoms with Crippen LogP contribution in [0.2, 0.25) is 0 Å². The number of carbonyl (C=O) groups is 1. The number of aromatic nitrogens is 3. The van der Waals surface area contributed by atoms with Gasteiger partial charge in [-0.05, 0) is 18.6 Å². The fraction of sp³-hybridized carbons (Fsp3) is 0.500. The van der Waals surface area contributed by atoms with Crippen molar-refractivity contribution in [2.24, 2.45) is 0 Å². The predicted molar refractivity (Wildman–Crippen MR) is 98.0 cm³/mol. The van der Waals surface area contributed by atoms with Crippen molar-refractivity contribution in [3.05, 3.63) is 47.0 Å². The van der Waals surface area contributed by atoms with Crippen LogP contribution in [-0.4, -0.2) is 93.1 Å². The van der Waals surface area contributed by atoms with E-state index in [2.05, 4.69) is 15.4 Å². The molecule has 0 unspecified atom stereocenters. The first-order valence-electron chi connectivity index (χ1n) is 9.18. The van der Waals surface area contributed by atoms with Gasteiger partial charge in [-0.3, -0.25) is 0 Å². The third-order valence-electron chi connectivity index (χ3n) is 5.28. The van der Waals surface area contributed by atoms with E-state index in [0.717, 1.165) is 24.2 Å². The molecule has 157 valence electrons. The normalized spacial score (nSPS) is 19.5. The number of hydrogen-bond donors (Lipinski definition) is 1. The van der Waals surface area contributed by atoms with Crippen molar-refractivity contribution < 1.29 is 27.1 Å². The van der Waals surface area contributed by atoms with Crippen LogP contribution in [0.4, 0.5) is 22.4 Å². The average Bonchev–Trinajstić information content (AvgIpc) is 3.31. The van der Waals surface area contributed by atoms with Gasteiger partial charge in [-0.1, -0.05) is 6.07 Å². The summed E-state index contributed by atoms with van der Waals surface area (Å²) in [7, 11) is 0. The maximum absolute atomic E-state index is 13.9. The SMILES string of the molecule is O=C(N1CC(OCc2ccc(C(F)(F)F)cc2F)C1)N1CC[C@H](c2cn[nH]n2)C1.[Na]. The molecule has 1 radical (unpaired) electrons. The van der Waals surface area contributed by atoms with Gasteiger partial charge in [0, 0.05) is 54.1 Å². The second kappa shape index (κ2) is 9.21. The number of benzene rings is 1. The summed E-state index contributed by atoms with van der Waals surface area (Å²) in [5.41, 5.74) is -0.143. The van der Waals surface area contributed by atoms with Crippen LogP contribution in [0.1, 0.15) is 29.2 Å². The van der Waals surface area contributed by atoms with Crippen molar-refractivity contribution in [2.75, 3.05) is 26.2 Å². The smallest absolute Gasteiger partial charge is 0.370 e. The summed E-state index contributed by atoms with van der Waals surface area (Å²) in [4.78, 5) is 15.9. The van der Waals surface area contributed by atoms with Gasteiger partial charge in [-0.15, -0.1) is 0 Å². The fourth-order valence-corrected chi connectivity index (χ4v) is 3.53. The molecule has 1 N–H and O–H groups in total. The van der Waals surface area contributed by atoms with Gasteiger partial charge in [0.1, 0.15) is 5.82 Å². The molecule has 1 aromatic carbocycles. The van der Waals surface area contributed by atoms with E-state index >= 15 is 0 Å². The zero-order valence-corrected chi connectivity index (χ0v) is 18.3. The van der Waals surface area contributed by atoms with Crippen LogP contribution in [-0.2, 0) is 17.5 Å². The zero-order valence-electron chi connectivity index (χ0n) is 16.3. The van der Waals surface area contributed by atoms with E-state index in [-0.39, 0.29) is 59.8 Å². The number of nitrogens with zero attached hydrogens (tertiary/aromatic N) is 4.